The van der Waals surface area contributed by atoms with Crippen molar-refractivity contribution in [3.8, 4) is 0 Å². The molecule has 2 aromatic carbocycles. The van der Waals surface area contributed by atoms with Gasteiger partial charge in [-0.05, 0) is 109 Å². The molecule has 5 rings (SSSR count). The molecule has 34 heavy (non-hydrogen) atoms. The van der Waals surface area contributed by atoms with Gasteiger partial charge in [0.2, 0.25) is 0 Å². The number of anilines is 1. The average molecular weight is 453 g/mol. The van der Waals surface area contributed by atoms with Crippen molar-refractivity contribution in [1.29, 1.82) is 0 Å². The van der Waals surface area contributed by atoms with E-state index in [0.717, 1.165) is 13.0 Å². The zero-order valence-electron chi connectivity index (χ0n) is 21.9. The van der Waals surface area contributed by atoms with E-state index >= 15 is 0 Å². The Hall–Kier alpha value is -2.58. The minimum absolute atomic E-state index is 0.0811. The van der Waals surface area contributed by atoms with Crippen LogP contribution < -0.4 is 10.6 Å². The summed E-state index contributed by atoms with van der Waals surface area (Å²) in [7, 11) is 0. The molecule has 3 aliphatic rings. The molecule has 1 aliphatic carbocycles. The zero-order chi connectivity index (χ0) is 24.0. The van der Waals surface area contributed by atoms with Gasteiger partial charge in [0.05, 0.1) is 0 Å². The van der Waals surface area contributed by atoms with Crippen molar-refractivity contribution in [2.75, 3.05) is 11.9 Å². The molecule has 1 atom stereocenters. The van der Waals surface area contributed by atoms with Crippen LogP contribution in [-0.2, 0) is 5.41 Å². The summed E-state index contributed by atoms with van der Waals surface area (Å²) >= 11 is 0. The summed E-state index contributed by atoms with van der Waals surface area (Å²) < 4.78 is 0. The van der Waals surface area contributed by atoms with E-state index in [1.807, 2.05) is 0 Å². The third-order valence-electron chi connectivity index (χ3n) is 8.25. The third-order valence-corrected chi connectivity index (χ3v) is 8.25. The van der Waals surface area contributed by atoms with Crippen molar-refractivity contribution in [2.45, 2.75) is 85.1 Å². The Kier molecular flexibility index (Phi) is 6.06. The molecule has 2 nitrogen and oxygen atoms in total. The van der Waals surface area contributed by atoms with Gasteiger partial charge in [-0.2, -0.15) is 0 Å². The molecule has 2 heterocycles. The highest BCUT2D eigenvalue weighted by Crippen LogP contribution is 2.49. The second kappa shape index (κ2) is 8.89. The Morgan fingerprint density at radius 1 is 1.03 bits per heavy atom. The van der Waals surface area contributed by atoms with Gasteiger partial charge in [-0.25, -0.2) is 0 Å². The number of hydrogen-bond donors (Lipinski definition) is 2. The van der Waals surface area contributed by atoms with Crippen molar-refractivity contribution in [3.63, 3.8) is 0 Å². The Labute approximate surface area is 205 Å². The highest BCUT2D eigenvalue weighted by atomic mass is 15.1. The van der Waals surface area contributed by atoms with E-state index < -0.39 is 0 Å². The number of allylic oxidation sites excluding steroid dienone is 5. The maximum absolute atomic E-state index is 3.81. The zero-order valence-corrected chi connectivity index (χ0v) is 21.9. The first-order valence-corrected chi connectivity index (χ1v) is 13.2. The summed E-state index contributed by atoms with van der Waals surface area (Å²) in [4.78, 5) is 0. The first-order chi connectivity index (χ1) is 16.3. The second-order valence-electron chi connectivity index (χ2n) is 11.0. The number of fused-ring (bicyclic) bond motifs is 3. The van der Waals surface area contributed by atoms with Crippen LogP contribution in [0.15, 0.2) is 70.0 Å². The maximum atomic E-state index is 3.81. The fourth-order valence-electron chi connectivity index (χ4n) is 6.34. The second-order valence-corrected chi connectivity index (χ2v) is 11.0. The van der Waals surface area contributed by atoms with E-state index in [4.69, 9.17) is 0 Å². The van der Waals surface area contributed by atoms with Gasteiger partial charge >= 0.3 is 0 Å². The van der Waals surface area contributed by atoms with E-state index in [0.29, 0.717) is 6.04 Å². The molecule has 1 fully saturated rings. The minimum Gasteiger partial charge on any atom is -0.359 e. The van der Waals surface area contributed by atoms with Gasteiger partial charge in [0, 0.05) is 29.4 Å². The fraction of sp³-hybridized carbons (Fsp3) is 0.438. The van der Waals surface area contributed by atoms with Crippen LogP contribution in [0.5, 0.6) is 0 Å². The van der Waals surface area contributed by atoms with Gasteiger partial charge in [-0.15, -0.1) is 0 Å². The number of benzene rings is 2. The van der Waals surface area contributed by atoms with Crippen molar-refractivity contribution in [1.82, 2.24) is 5.32 Å². The van der Waals surface area contributed by atoms with Gasteiger partial charge in [0.1, 0.15) is 0 Å². The van der Waals surface area contributed by atoms with Crippen LogP contribution >= 0.6 is 0 Å². The molecule has 0 spiro atoms. The largest absolute Gasteiger partial charge is 0.359 e. The summed E-state index contributed by atoms with van der Waals surface area (Å²) in [6.07, 6.45) is 10.8. The molecule has 0 aromatic heterocycles. The van der Waals surface area contributed by atoms with Crippen LogP contribution in [-0.4, -0.2) is 12.6 Å². The summed E-state index contributed by atoms with van der Waals surface area (Å²) in [6.45, 7) is 15.0. The molecule has 0 radical (unpaired) electrons. The lowest BCUT2D eigenvalue weighted by atomic mass is 9.68. The van der Waals surface area contributed by atoms with Crippen LogP contribution in [0, 0.1) is 0 Å². The van der Waals surface area contributed by atoms with Crippen molar-refractivity contribution < 1.29 is 0 Å². The molecule has 2 aliphatic heterocycles. The van der Waals surface area contributed by atoms with Crippen LogP contribution in [0.25, 0.3) is 16.8 Å². The third kappa shape index (κ3) is 4.07. The van der Waals surface area contributed by atoms with E-state index in [9.17, 15) is 0 Å². The molecule has 2 N–H and O–H groups in total. The lowest BCUT2D eigenvalue weighted by molar-refractivity contribution is 0.530. The monoisotopic (exact) mass is 452 g/mol. The molecule has 2 heteroatoms. The molecular weight excluding hydrogens is 412 g/mol. The highest BCUT2D eigenvalue weighted by Gasteiger charge is 2.36. The molecular formula is C32H40N2. The van der Waals surface area contributed by atoms with Crippen LogP contribution in [0.4, 0.5) is 5.69 Å². The van der Waals surface area contributed by atoms with E-state index in [-0.39, 0.29) is 5.41 Å². The normalized spacial score (nSPS) is 22.7. The molecule has 0 amide bonds. The molecule has 178 valence electrons. The topological polar surface area (TPSA) is 34.0 Å². The summed E-state index contributed by atoms with van der Waals surface area (Å²) in [5.41, 5.74) is 12.9. The number of rotatable bonds is 5. The SMILES string of the molecule is CC\C=C(C)/C(=C(C)\C(C)=C/c1ccc2c3c(ccc2c1)NC1=C(CCCC1)C3(C)C)C1CN1. The predicted octanol–water partition coefficient (Wildman–Crippen LogP) is 8.42. The van der Waals surface area contributed by atoms with E-state index in [1.165, 1.54) is 81.3 Å². The van der Waals surface area contributed by atoms with Crippen LogP contribution in [0.1, 0.15) is 84.8 Å². The van der Waals surface area contributed by atoms with Gasteiger partial charge < -0.3 is 10.6 Å². The Balaban J connectivity index is 1.54. The number of hydrogen-bond acceptors (Lipinski definition) is 2. The van der Waals surface area contributed by atoms with Crippen molar-refractivity contribution in [2.24, 2.45) is 0 Å². The molecule has 2 aromatic rings. The molecule has 1 saturated heterocycles. The fourth-order valence-corrected chi connectivity index (χ4v) is 6.34. The van der Waals surface area contributed by atoms with Crippen molar-refractivity contribution >= 4 is 22.5 Å². The average Bonchev–Trinajstić information content (AvgIpc) is 3.64. The minimum atomic E-state index is 0.0811. The summed E-state index contributed by atoms with van der Waals surface area (Å²) in [5, 5.41) is 10.1. The van der Waals surface area contributed by atoms with Gasteiger partial charge in [-0.3, -0.25) is 0 Å². The van der Waals surface area contributed by atoms with Gasteiger partial charge in [-0.1, -0.05) is 56.7 Å². The predicted molar refractivity (Wildman–Crippen MR) is 148 cm³/mol. The smallest absolute Gasteiger partial charge is 0.0452 e. The summed E-state index contributed by atoms with van der Waals surface area (Å²) in [6, 6.07) is 12.2. The highest BCUT2D eigenvalue weighted by molar-refractivity contribution is 5.94. The van der Waals surface area contributed by atoms with E-state index in [2.05, 4.69) is 94.7 Å². The molecule has 1 unspecified atom stereocenters. The Morgan fingerprint density at radius 3 is 2.53 bits per heavy atom. The van der Waals surface area contributed by atoms with Gasteiger partial charge in [0.15, 0.2) is 0 Å². The Morgan fingerprint density at radius 2 is 1.79 bits per heavy atom. The molecule has 0 bridgehead atoms. The van der Waals surface area contributed by atoms with E-state index in [1.54, 1.807) is 5.57 Å². The first kappa shape index (κ1) is 23.2. The number of nitrogens with one attached hydrogen (secondary N) is 2. The van der Waals surface area contributed by atoms with Crippen LogP contribution in [0.2, 0.25) is 0 Å². The lowest BCUT2D eigenvalue weighted by Crippen LogP contribution is -2.31. The summed E-state index contributed by atoms with van der Waals surface area (Å²) in [5.74, 6) is 0. The Bertz CT molecular complexity index is 1260. The standard InChI is InChI=1S/C32H40N2/c1-7-10-20(2)30(29-19-33-29)22(4)21(3)17-23-13-15-25-24(18-23)14-16-28-31(25)32(5,6)26-11-8-9-12-27(26)34-28/h10,13-18,29,33-34H,7-9,11-12,19H2,1-6H3/b20-10-,21-17-,30-22+. The first-order valence-electron chi connectivity index (χ1n) is 13.2. The van der Waals surface area contributed by atoms with Crippen LogP contribution in [0.3, 0.4) is 0 Å². The lowest BCUT2D eigenvalue weighted by Gasteiger charge is -2.41. The molecule has 0 saturated carbocycles. The van der Waals surface area contributed by atoms with Gasteiger partial charge in [0.25, 0.3) is 0 Å². The van der Waals surface area contributed by atoms with Crippen molar-refractivity contribution in [3.05, 3.63) is 81.1 Å². The maximum Gasteiger partial charge on any atom is 0.0452 e. The quantitative estimate of drug-likeness (QED) is 0.352.